The van der Waals surface area contributed by atoms with Crippen LogP contribution in [0.15, 0.2) is 24.5 Å². The van der Waals surface area contributed by atoms with E-state index in [2.05, 4.69) is 37.3 Å². The zero-order valence-corrected chi connectivity index (χ0v) is 11.4. The minimum Gasteiger partial charge on any atom is -0.317 e. The second kappa shape index (κ2) is 8.24. The van der Waals surface area contributed by atoms with Crippen LogP contribution in [0.1, 0.15) is 45.1 Å². The summed E-state index contributed by atoms with van der Waals surface area (Å²) in [7, 11) is 2.08. The lowest BCUT2D eigenvalue weighted by atomic mass is 9.94. The van der Waals surface area contributed by atoms with Gasteiger partial charge < -0.3 is 5.32 Å². The summed E-state index contributed by atoms with van der Waals surface area (Å²) in [5, 5.41) is 3.44. The molecule has 0 amide bonds. The predicted molar refractivity (Wildman–Crippen MR) is 74.1 cm³/mol. The summed E-state index contributed by atoms with van der Waals surface area (Å²) in [6.45, 7) is 4.62. The van der Waals surface area contributed by atoms with Gasteiger partial charge in [0.2, 0.25) is 0 Å². The molecule has 17 heavy (non-hydrogen) atoms. The Morgan fingerprint density at radius 3 is 2.76 bits per heavy atom. The molecule has 1 rings (SSSR count). The highest BCUT2D eigenvalue weighted by atomic mass is 14.9. The van der Waals surface area contributed by atoms with Crippen LogP contribution in [-0.2, 0) is 6.42 Å². The zero-order chi connectivity index (χ0) is 12.5. The smallest absolute Gasteiger partial charge is 0.0299 e. The summed E-state index contributed by atoms with van der Waals surface area (Å²) in [6.07, 6.45) is 10.1. The fraction of sp³-hybridized carbons (Fsp3) is 0.667. The van der Waals surface area contributed by atoms with Gasteiger partial charge in [-0.05, 0) is 43.9 Å². The van der Waals surface area contributed by atoms with Crippen molar-refractivity contribution < 1.29 is 0 Å². The Kier molecular flexibility index (Phi) is 6.87. The topological polar surface area (TPSA) is 24.9 Å². The first-order valence-corrected chi connectivity index (χ1v) is 6.82. The van der Waals surface area contributed by atoms with Gasteiger partial charge in [-0.15, -0.1) is 0 Å². The monoisotopic (exact) mass is 234 g/mol. The fourth-order valence-electron chi connectivity index (χ4n) is 2.36. The molecular weight excluding hydrogens is 208 g/mol. The molecule has 0 bridgehead atoms. The first kappa shape index (κ1) is 14.2. The van der Waals surface area contributed by atoms with E-state index in [-0.39, 0.29) is 0 Å². The van der Waals surface area contributed by atoms with Crippen LogP contribution >= 0.6 is 0 Å². The minimum atomic E-state index is 0.636. The normalized spacial score (nSPS) is 14.5. The lowest BCUT2D eigenvalue weighted by Crippen LogP contribution is -2.27. The number of aryl methyl sites for hydroxylation is 1. The lowest BCUT2D eigenvalue weighted by Gasteiger charge is -2.20. The van der Waals surface area contributed by atoms with Crippen molar-refractivity contribution in [3.05, 3.63) is 30.1 Å². The van der Waals surface area contributed by atoms with E-state index < -0.39 is 0 Å². The van der Waals surface area contributed by atoms with Crippen molar-refractivity contribution in [2.24, 2.45) is 5.92 Å². The Morgan fingerprint density at radius 2 is 2.18 bits per heavy atom. The van der Waals surface area contributed by atoms with Gasteiger partial charge in [-0.3, -0.25) is 4.98 Å². The number of hydrogen-bond donors (Lipinski definition) is 1. The quantitative estimate of drug-likeness (QED) is 0.745. The van der Waals surface area contributed by atoms with Gasteiger partial charge in [0, 0.05) is 18.4 Å². The van der Waals surface area contributed by atoms with Crippen molar-refractivity contribution in [1.29, 1.82) is 0 Å². The molecule has 0 spiro atoms. The minimum absolute atomic E-state index is 0.636. The van der Waals surface area contributed by atoms with Gasteiger partial charge in [0.05, 0.1) is 0 Å². The van der Waals surface area contributed by atoms with Crippen LogP contribution in [0, 0.1) is 5.92 Å². The van der Waals surface area contributed by atoms with E-state index in [1.807, 2.05) is 18.5 Å². The molecule has 0 fully saturated rings. The Balaban J connectivity index is 2.32. The number of nitrogens with zero attached hydrogens (tertiary/aromatic N) is 1. The lowest BCUT2D eigenvalue weighted by molar-refractivity contribution is 0.384. The molecule has 0 aliphatic rings. The molecule has 96 valence electrons. The summed E-state index contributed by atoms with van der Waals surface area (Å²) in [5.74, 6) is 0.825. The van der Waals surface area contributed by atoms with E-state index in [1.165, 1.54) is 31.2 Å². The van der Waals surface area contributed by atoms with Crippen molar-refractivity contribution >= 4 is 0 Å². The van der Waals surface area contributed by atoms with E-state index in [4.69, 9.17) is 0 Å². The summed E-state index contributed by atoms with van der Waals surface area (Å²) >= 11 is 0. The third-order valence-corrected chi connectivity index (χ3v) is 3.38. The molecule has 0 radical (unpaired) electrons. The second-order valence-electron chi connectivity index (χ2n) is 5.02. The molecule has 0 aliphatic heterocycles. The third kappa shape index (κ3) is 5.83. The number of rotatable bonds is 8. The van der Waals surface area contributed by atoms with Crippen molar-refractivity contribution in [3.63, 3.8) is 0 Å². The van der Waals surface area contributed by atoms with Crippen molar-refractivity contribution in [3.8, 4) is 0 Å². The van der Waals surface area contributed by atoms with E-state index in [0.29, 0.717) is 6.04 Å². The average Bonchev–Trinajstić information content (AvgIpc) is 2.36. The average molecular weight is 234 g/mol. The van der Waals surface area contributed by atoms with E-state index in [0.717, 1.165) is 12.3 Å². The van der Waals surface area contributed by atoms with Gasteiger partial charge in [0.15, 0.2) is 0 Å². The van der Waals surface area contributed by atoms with E-state index in [1.54, 1.807) is 0 Å². The van der Waals surface area contributed by atoms with Crippen LogP contribution < -0.4 is 5.32 Å². The molecule has 2 heteroatoms. The molecule has 2 unspecified atom stereocenters. The number of pyridine rings is 1. The predicted octanol–water partition coefficient (Wildman–Crippen LogP) is 3.43. The molecule has 1 aromatic rings. The van der Waals surface area contributed by atoms with Crippen LogP contribution in [0.25, 0.3) is 0 Å². The zero-order valence-electron chi connectivity index (χ0n) is 11.4. The molecule has 0 aromatic carbocycles. The van der Waals surface area contributed by atoms with Gasteiger partial charge >= 0.3 is 0 Å². The Bertz CT molecular complexity index is 284. The molecule has 0 aliphatic carbocycles. The molecule has 2 nitrogen and oxygen atoms in total. The Morgan fingerprint density at radius 1 is 1.35 bits per heavy atom. The molecule has 1 heterocycles. The van der Waals surface area contributed by atoms with Gasteiger partial charge in [-0.2, -0.15) is 0 Å². The molecule has 0 saturated carbocycles. The van der Waals surface area contributed by atoms with Crippen LogP contribution in [0.3, 0.4) is 0 Å². The number of aromatic nitrogens is 1. The summed E-state index contributed by atoms with van der Waals surface area (Å²) in [6, 6.07) is 4.82. The van der Waals surface area contributed by atoms with Gasteiger partial charge in [-0.1, -0.05) is 32.8 Å². The van der Waals surface area contributed by atoms with Crippen LogP contribution in [-0.4, -0.2) is 18.1 Å². The number of hydrogen-bond acceptors (Lipinski definition) is 2. The Labute approximate surface area is 106 Å². The molecule has 1 aromatic heterocycles. The molecule has 0 saturated heterocycles. The van der Waals surface area contributed by atoms with Crippen molar-refractivity contribution in [2.45, 2.75) is 52.0 Å². The SMILES string of the molecule is CCCC(C)CC(CCc1cccnc1)NC. The highest BCUT2D eigenvalue weighted by Crippen LogP contribution is 2.15. The standard InChI is InChI=1S/C15H26N2/c1-4-6-13(2)11-15(16-3)9-8-14-7-5-10-17-12-14/h5,7,10,12-13,15-16H,4,6,8-9,11H2,1-3H3. The van der Waals surface area contributed by atoms with Crippen LogP contribution in [0.4, 0.5) is 0 Å². The second-order valence-corrected chi connectivity index (χ2v) is 5.02. The maximum absolute atomic E-state index is 4.16. The number of nitrogens with one attached hydrogen (secondary N) is 1. The van der Waals surface area contributed by atoms with Gasteiger partial charge in [0.25, 0.3) is 0 Å². The first-order valence-electron chi connectivity index (χ1n) is 6.82. The largest absolute Gasteiger partial charge is 0.317 e. The van der Waals surface area contributed by atoms with Gasteiger partial charge in [-0.25, -0.2) is 0 Å². The van der Waals surface area contributed by atoms with Crippen LogP contribution in [0.5, 0.6) is 0 Å². The maximum Gasteiger partial charge on any atom is 0.0299 e. The summed E-state index contributed by atoms with van der Waals surface area (Å²) in [5.41, 5.74) is 1.34. The fourth-order valence-corrected chi connectivity index (χ4v) is 2.36. The third-order valence-electron chi connectivity index (χ3n) is 3.38. The molecule has 2 atom stereocenters. The highest BCUT2D eigenvalue weighted by Gasteiger charge is 2.10. The van der Waals surface area contributed by atoms with Crippen molar-refractivity contribution in [2.75, 3.05) is 7.05 Å². The highest BCUT2D eigenvalue weighted by molar-refractivity contribution is 5.08. The van der Waals surface area contributed by atoms with Crippen LogP contribution in [0.2, 0.25) is 0 Å². The van der Waals surface area contributed by atoms with E-state index >= 15 is 0 Å². The summed E-state index contributed by atoms with van der Waals surface area (Å²) < 4.78 is 0. The van der Waals surface area contributed by atoms with E-state index in [9.17, 15) is 0 Å². The van der Waals surface area contributed by atoms with Crippen molar-refractivity contribution in [1.82, 2.24) is 10.3 Å². The molecule has 1 N–H and O–H groups in total. The Hall–Kier alpha value is -0.890. The molecular formula is C15H26N2. The first-order chi connectivity index (χ1) is 8.26. The maximum atomic E-state index is 4.16. The summed E-state index contributed by atoms with van der Waals surface area (Å²) in [4.78, 5) is 4.16. The van der Waals surface area contributed by atoms with Gasteiger partial charge in [0.1, 0.15) is 0 Å².